The Labute approximate surface area is 135 Å². The largest absolute Gasteiger partial charge is 0.369 e. The van der Waals surface area contributed by atoms with Crippen molar-refractivity contribution in [2.45, 2.75) is 44.9 Å². The summed E-state index contributed by atoms with van der Waals surface area (Å²) in [5.41, 5.74) is 8.19. The zero-order chi connectivity index (χ0) is 17.1. The maximum atomic E-state index is 11.8. The van der Waals surface area contributed by atoms with E-state index in [2.05, 4.69) is 5.32 Å². The van der Waals surface area contributed by atoms with Crippen LogP contribution in [-0.2, 0) is 20.8 Å². The third-order valence-corrected chi connectivity index (χ3v) is 3.30. The Bertz CT molecular complexity index is 529. The summed E-state index contributed by atoms with van der Waals surface area (Å²) in [6.45, 7) is 0. The first kappa shape index (κ1) is 18.6. The van der Waals surface area contributed by atoms with Crippen LogP contribution >= 0.6 is 0 Å². The van der Waals surface area contributed by atoms with Crippen LogP contribution < -0.4 is 16.5 Å². The summed E-state index contributed by atoms with van der Waals surface area (Å²) in [5.74, 6) is -0.846. The highest BCUT2D eigenvalue weighted by atomic mass is 16.5. The molecule has 0 heterocycles. The molecule has 0 aromatic heterocycles. The zero-order valence-corrected chi connectivity index (χ0v) is 13.0. The fourth-order valence-electron chi connectivity index (χ4n) is 2.11. The molecule has 0 fully saturated rings. The van der Waals surface area contributed by atoms with Crippen LogP contribution in [0.4, 0.5) is 5.69 Å². The van der Waals surface area contributed by atoms with Gasteiger partial charge in [-0.2, -0.15) is 0 Å². The van der Waals surface area contributed by atoms with Crippen molar-refractivity contribution in [2.24, 2.45) is 5.73 Å². The lowest BCUT2D eigenvalue weighted by Gasteiger charge is -2.06. The van der Waals surface area contributed by atoms with E-state index in [9.17, 15) is 14.4 Å². The van der Waals surface area contributed by atoms with Crippen LogP contribution in [0.5, 0.6) is 0 Å². The lowest BCUT2D eigenvalue weighted by molar-refractivity contribution is -0.129. The molecular formula is C16H23N3O4. The smallest absolute Gasteiger partial charge is 0.243 e. The van der Waals surface area contributed by atoms with Gasteiger partial charge in [0.2, 0.25) is 17.7 Å². The number of nitrogens with one attached hydrogen (secondary N) is 2. The SMILES string of the molecule is NC(=O)Cc1ccc(NC(=O)CCCCCCC(=O)NO)cc1. The number of amides is 3. The normalized spacial score (nSPS) is 10.1. The van der Waals surface area contributed by atoms with Crippen LogP contribution in [0, 0.1) is 0 Å². The van der Waals surface area contributed by atoms with Gasteiger partial charge in [0.1, 0.15) is 0 Å². The average molecular weight is 321 g/mol. The number of carbonyl (C=O) groups excluding carboxylic acids is 3. The fourth-order valence-corrected chi connectivity index (χ4v) is 2.11. The number of anilines is 1. The van der Waals surface area contributed by atoms with Gasteiger partial charge in [-0.1, -0.05) is 25.0 Å². The van der Waals surface area contributed by atoms with E-state index in [0.29, 0.717) is 24.9 Å². The van der Waals surface area contributed by atoms with Gasteiger partial charge in [-0.15, -0.1) is 0 Å². The summed E-state index contributed by atoms with van der Waals surface area (Å²) in [5, 5.41) is 11.1. The summed E-state index contributed by atoms with van der Waals surface area (Å²) in [4.78, 5) is 33.4. The molecule has 0 aliphatic rings. The Morgan fingerprint density at radius 2 is 1.48 bits per heavy atom. The lowest BCUT2D eigenvalue weighted by atomic mass is 10.1. The molecule has 0 bridgehead atoms. The minimum atomic E-state index is -0.391. The monoisotopic (exact) mass is 321 g/mol. The second-order valence-corrected chi connectivity index (χ2v) is 5.34. The summed E-state index contributed by atoms with van der Waals surface area (Å²) in [6, 6.07) is 6.99. The third-order valence-electron chi connectivity index (χ3n) is 3.30. The second-order valence-electron chi connectivity index (χ2n) is 5.34. The van der Waals surface area contributed by atoms with E-state index < -0.39 is 5.91 Å². The number of unbranched alkanes of at least 4 members (excludes halogenated alkanes) is 3. The highest BCUT2D eigenvalue weighted by Gasteiger charge is 2.04. The maximum Gasteiger partial charge on any atom is 0.243 e. The number of benzene rings is 1. The van der Waals surface area contributed by atoms with E-state index in [0.717, 1.165) is 24.8 Å². The van der Waals surface area contributed by atoms with Crippen molar-refractivity contribution in [2.75, 3.05) is 5.32 Å². The zero-order valence-electron chi connectivity index (χ0n) is 13.0. The van der Waals surface area contributed by atoms with Gasteiger partial charge in [0.25, 0.3) is 0 Å². The summed E-state index contributed by atoms with van der Waals surface area (Å²) >= 11 is 0. The number of hydrogen-bond donors (Lipinski definition) is 4. The minimum Gasteiger partial charge on any atom is -0.369 e. The van der Waals surface area contributed by atoms with E-state index in [1.54, 1.807) is 29.7 Å². The first-order chi connectivity index (χ1) is 11.0. The molecule has 0 spiro atoms. The van der Waals surface area contributed by atoms with Gasteiger partial charge in [0, 0.05) is 18.5 Å². The average Bonchev–Trinajstić information content (AvgIpc) is 2.51. The summed E-state index contributed by atoms with van der Waals surface area (Å²) in [6.07, 6.45) is 4.01. The first-order valence-corrected chi connectivity index (χ1v) is 7.61. The number of hydroxylamine groups is 1. The first-order valence-electron chi connectivity index (χ1n) is 7.61. The van der Waals surface area contributed by atoms with Crippen LogP contribution in [0.25, 0.3) is 0 Å². The molecule has 0 saturated carbocycles. The highest BCUT2D eigenvalue weighted by molar-refractivity contribution is 5.90. The predicted molar refractivity (Wildman–Crippen MR) is 85.6 cm³/mol. The molecule has 0 unspecified atom stereocenters. The van der Waals surface area contributed by atoms with Crippen LogP contribution in [0.1, 0.15) is 44.1 Å². The summed E-state index contributed by atoms with van der Waals surface area (Å²) in [7, 11) is 0. The molecule has 0 saturated heterocycles. The molecule has 1 aromatic rings. The molecule has 0 radical (unpaired) electrons. The molecule has 0 aliphatic heterocycles. The Balaban J connectivity index is 2.18. The van der Waals surface area contributed by atoms with Crippen LogP contribution in [0.2, 0.25) is 0 Å². The van der Waals surface area contributed by atoms with Crippen molar-refractivity contribution in [3.8, 4) is 0 Å². The van der Waals surface area contributed by atoms with E-state index in [4.69, 9.17) is 10.9 Å². The maximum absolute atomic E-state index is 11.8. The minimum absolute atomic E-state index is 0.0687. The number of hydrogen-bond acceptors (Lipinski definition) is 4. The molecule has 7 heteroatoms. The Kier molecular flexibility index (Phi) is 8.38. The molecule has 0 atom stereocenters. The molecule has 3 amide bonds. The summed E-state index contributed by atoms with van der Waals surface area (Å²) < 4.78 is 0. The Morgan fingerprint density at radius 3 is 2.00 bits per heavy atom. The third kappa shape index (κ3) is 8.57. The highest BCUT2D eigenvalue weighted by Crippen LogP contribution is 2.12. The molecule has 0 aliphatic carbocycles. The van der Waals surface area contributed by atoms with E-state index in [1.165, 1.54) is 0 Å². The van der Waals surface area contributed by atoms with E-state index in [1.807, 2.05) is 0 Å². The van der Waals surface area contributed by atoms with Gasteiger partial charge in [0.15, 0.2) is 0 Å². The van der Waals surface area contributed by atoms with Crippen molar-refractivity contribution in [1.82, 2.24) is 5.48 Å². The van der Waals surface area contributed by atoms with Gasteiger partial charge >= 0.3 is 0 Å². The molecule has 1 aromatic carbocycles. The topological polar surface area (TPSA) is 122 Å². The molecule has 5 N–H and O–H groups in total. The predicted octanol–water partition coefficient (Wildman–Crippen LogP) is 1.50. The molecule has 23 heavy (non-hydrogen) atoms. The van der Waals surface area contributed by atoms with Crippen molar-refractivity contribution < 1.29 is 19.6 Å². The van der Waals surface area contributed by atoms with Crippen molar-refractivity contribution in [1.29, 1.82) is 0 Å². The van der Waals surface area contributed by atoms with Crippen molar-refractivity contribution >= 4 is 23.4 Å². The standard InChI is InChI=1S/C16H23N3O4/c17-14(20)11-12-7-9-13(10-8-12)18-15(21)5-3-1-2-4-6-16(22)19-23/h7-10,23H,1-6,11H2,(H2,17,20)(H,18,21)(H,19,22). The molecule has 7 nitrogen and oxygen atoms in total. The van der Waals surface area contributed by atoms with Gasteiger partial charge < -0.3 is 11.1 Å². The quantitative estimate of drug-likeness (QED) is 0.296. The molecule has 126 valence electrons. The second kappa shape index (κ2) is 10.3. The lowest BCUT2D eigenvalue weighted by Crippen LogP contribution is -2.17. The van der Waals surface area contributed by atoms with Gasteiger partial charge in [-0.25, -0.2) is 5.48 Å². The van der Waals surface area contributed by atoms with Gasteiger partial charge in [-0.05, 0) is 30.5 Å². The van der Waals surface area contributed by atoms with Crippen LogP contribution in [0.15, 0.2) is 24.3 Å². The Hall–Kier alpha value is -2.41. The Morgan fingerprint density at radius 1 is 0.913 bits per heavy atom. The number of primary amides is 1. The van der Waals surface area contributed by atoms with Crippen molar-refractivity contribution in [3.63, 3.8) is 0 Å². The van der Waals surface area contributed by atoms with E-state index in [-0.39, 0.29) is 18.2 Å². The number of rotatable bonds is 10. The van der Waals surface area contributed by atoms with Crippen molar-refractivity contribution in [3.05, 3.63) is 29.8 Å². The number of carbonyl (C=O) groups is 3. The molecule has 1 rings (SSSR count). The van der Waals surface area contributed by atoms with Crippen LogP contribution in [-0.4, -0.2) is 22.9 Å². The fraction of sp³-hybridized carbons (Fsp3) is 0.438. The van der Waals surface area contributed by atoms with E-state index >= 15 is 0 Å². The van der Waals surface area contributed by atoms with Crippen LogP contribution in [0.3, 0.4) is 0 Å². The molecular weight excluding hydrogens is 298 g/mol. The van der Waals surface area contributed by atoms with Gasteiger partial charge in [0.05, 0.1) is 6.42 Å². The number of nitrogens with two attached hydrogens (primary N) is 1. The van der Waals surface area contributed by atoms with Gasteiger partial charge in [-0.3, -0.25) is 19.6 Å².